The summed E-state index contributed by atoms with van der Waals surface area (Å²) < 4.78 is 5.49. The largest absolute Gasteiger partial charge is 0.466 e. The number of carbonyl (C=O) groups excluding carboxylic acids is 2. The molecular weight excluding hydrogens is 318 g/mol. The van der Waals surface area contributed by atoms with Gasteiger partial charge in [0.05, 0.1) is 5.92 Å². The fourth-order valence-corrected chi connectivity index (χ4v) is 2.54. The summed E-state index contributed by atoms with van der Waals surface area (Å²) in [5, 5.41) is 8.37. The fourth-order valence-electron chi connectivity index (χ4n) is 2.54. The third-order valence-electron chi connectivity index (χ3n) is 3.77. The van der Waals surface area contributed by atoms with Gasteiger partial charge in [-0.3, -0.25) is 4.79 Å². The first-order valence-electron chi connectivity index (χ1n) is 8.31. The third-order valence-corrected chi connectivity index (χ3v) is 3.77. The average Bonchev–Trinajstić information content (AvgIpc) is 2.86. The molecule has 6 nitrogen and oxygen atoms in total. The van der Waals surface area contributed by atoms with Gasteiger partial charge >= 0.3 is 6.03 Å². The monoisotopic (exact) mass is 343 g/mol. The summed E-state index contributed by atoms with van der Waals surface area (Å²) in [5.41, 5.74) is 2.22. The van der Waals surface area contributed by atoms with Crippen molar-refractivity contribution in [3.63, 3.8) is 0 Å². The molecule has 0 aliphatic heterocycles. The molecule has 2 rings (SSSR count). The van der Waals surface area contributed by atoms with Gasteiger partial charge in [-0.1, -0.05) is 0 Å². The van der Waals surface area contributed by atoms with Gasteiger partial charge in [-0.2, -0.15) is 0 Å². The van der Waals surface area contributed by atoms with Crippen molar-refractivity contribution in [2.24, 2.45) is 0 Å². The molecule has 6 heteroatoms. The van der Waals surface area contributed by atoms with Crippen LogP contribution in [-0.4, -0.2) is 18.0 Å². The number of urea groups is 1. The molecule has 1 unspecified atom stereocenters. The van der Waals surface area contributed by atoms with Gasteiger partial charge in [0, 0.05) is 23.0 Å². The van der Waals surface area contributed by atoms with Crippen LogP contribution in [0.1, 0.15) is 43.8 Å². The first kappa shape index (κ1) is 18.6. The lowest BCUT2D eigenvalue weighted by atomic mass is 10.0. The Labute approximate surface area is 148 Å². The van der Waals surface area contributed by atoms with E-state index in [9.17, 15) is 9.59 Å². The Morgan fingerprint density at radius 1 is 0.960 bits per heavy atom. The Bertz CT molecular complexity index is 748. The number of hydrogen-bond acceptors (Lipinski definition) is 3. The number of hydrogen-bond donors (Lipinski definition) is 3. The van der Waals surface area contributed by atoms with Gasteiger partial charge in [0.15, 0.2) is 0 Å². The van der Waals surface area contributed by atoms with Gasteiger partial charge in [0.1, 0.15) is 11.5 Å². The van der Waals surface area contributed by atoms with Gasteiger partial charge in [0.2, 0.25) is 5.91 Å². The van der Waals surface area contributed by atoms with Crippen LogP contribution < -0.4 is 16.0 Å². The summed E-state index contributed by atoms with van der Waals surface area (Å²) >= 11 is 0. The van der Waals surface area contributed by atoms with Gasteiger partial charge in [-0.25, -0.2) is 4.79 Å². The number of furan rings is 1. The summed E-state index contributed by atoms with van der Waals surface area (Å²) in [7, 11) is 0. The van der Waals surface area contributed by atoms with E-state index in [0.717, 1.165) is 17.1 Å². The highest BCUT2D eigenvalue weighted by atomic mass is 16.3. The quantitative estimate of drug-likeness (QED) is 0.762. The zero-order valence-corrected chi connectivity index (χ0v) is 15.3. The minimum absolute atomic E-state index is 0.0649. The second-order valence-electron chi connectivity index (χ2n) is 6.41. The van der Waals surface area contributed by atoms with E-state index in [1.54, 1.807) is 24.3 Å². The van der Waals surface area contributed by atoms with Crippen molar-refractivity contribution in [3.8, 4) is 0 Å². The molecule has 0 aliphatic carbocycles. The van der Waals surface area contributed by atoms with E-state index in [2.05, 4.69) is 16.0 Å². The van der Waals surface area contributed by atoms with Crippen LogP contribution in [-0.2, 0) is 4.79 Å². The summed E-state index contributed by atoms with van der Waals surface area (Å²) in [6.07, 6.45) is 0. The number of anilines is 2. The van der Waals surface area contributed by atoms with E-state index in [-0.39, 0.29) is 23.9 Å². The van der Waals surface area contributed by atoms with Crippen molar-refractivity contribution in [2.45, 2.75) is 46.6 Å². The lowest BCUT2D eigenvalue weighted by Crippen LogP contribution is -2.34. The molecule has 0 spiro atoms. The molecule has 0 saturated carbocycles. The Kier molecular flexibility index (Phi) is 5.85. The number of nitrogens with one attached hydrogen (secondary N) is 3. The number of aryl methyl sites for hydroxylation is 2. The van der Waals surface area contributed by atoms with Crippen molar-refractivity contribution in [2.75, 3.05) is 10.6 Å². The van der Waals surface area contributed by atoms with Crippen LogP contribution in [0.15, 0.2) is 34.7 Å². The molecule has 2 aromatic rings. The molecule has 25 heavy (non-hydrogen) atoms. The van der Waals surface area contributed by atoms with E-state index in [1.807, 2.05) is 40.7 Å². The first-order valence-corrected chi connectivity index (χ1v) is 8.31. The van der Waals surface area contributed by atoms with Gasteiger partial charge in [-0.15, -0.1) is 0 Å². The highest BCUT2D eigenvalue weighted by Gasteiger charge is 2.20. The summed E-state index contributed by atoms with van der Waals surface area (Å²) in [5.74, 6) is 1.13. The average molecular weight is 343 g/mol. The molecule has 3 N–H and O–H groups in total. The number of rotatable bonds is 5. The van der Waals surface area contributed by atoms with Crippen LogP contribution in [0.3, 0.4) is 0 Å². The minimum Gasteiger partial charge on any atom is -0.466 e. The molecule has 1 aromatic carbocycles. The van der Waals surface area contributed by atoms with E-state index in [0.29, 0.717) is 11.4 Å². The normalized spacial score (nSPS) is 11.9. The predicted molar refractivity (Wildman–Crippen MR) is 99.0 cm³/mol. The molecule has 1 aromatic heterocycles. The van der Waals surface area contributed by atoms with Crippen molar-refractivity contribution in [1.29, 1.82) is 0 Å². The van der Waals surface area contributed by atoms with E-state index in [1.165, 1.54) is 0 Å². The molecule has 0 radical (unpaired) electrons. The zero-order chi connectivity index (χ0) is 18.6. The Morgan fingerprint density at radius 2 is 1.52 bits per heavy atom. The summed E-state index contributed by atoms with van der Waals surface area (Å²) in [6.45, 7) is 9.35. The Morgan fingerprint density at radius 3 is 2.00 bits per heavy atom. The molecule has 0 saturated heterocycles. The Hall–Kier alpha value is -2.76. The molecule has 1 heterocycles. The second kappa shape index (κ2) is 7.88. The van der Waals surface area contributed by atoms with Gasteiger partial charge in [-0.05, 0) is 65.0 Å². The van der Waals surface area contributed by atoms with E-state index >= 15 is 0 Å². The van der Waals surface area contributed by atoms with E-state index in [4.69, 9.17) is 4.42 Å². The number of benzene rings is 1. The van der Waals surface area contributed by atoms with Crippen LogP contribution in [0.25, 0.3) is 0 Å². The highest BCUT2D eigenvalue weighted by molar-refractivity contribution is 5.96. The zero-order valence-electron chi connectivity index (χ0n) is 15.3. The third kappa shape index (κ3) is 5.11. The number of amides is 3. The van der Waals surface area contributed by atoms with Crippen molar-refractivity contribution in [1.82, 2.24) is 5.32 Å². The second-order valence-corrected chi connectivity index (χ2v) is 6.41. The van der Waals surface area contributed by atoms with E-state index < -0.39 is 0 Å². The molecule has 1 atom stereocenters. The lowest BCUT2D eigenvalue weighted by Gasteiger charge is -2.13. The molecule has 0 fully saturated rings. The van der Waals surface area contributed by atoms with Crippen LogP contribution in [0.5, 0.6) is 0 Å². The minimum atomic E-state index is -0.313. The van der Waals surface area contributed by atoms with Crippen LogP contribution in [0, 0.1) is 13.8 Å². The topological polar surface area (TPSA) is 83.4 Å². The molecule has 0 bridgehead atoms. The predicted octanol–water partition coefficient (Wildman–Crippen LogP) is 4.17. The van der Waals surface area contributed by atoms with Gasteiger partial charge < -0.3 is 20.4 Å². The maximum Gasteiger partial charge on any atom is 0.319 e. The van der Waals surface area contributed by atoms with Crippen molar-refractivity contribution >= 4 is 23.3 Å². The Balaban J connectivity index is 1.97. The molecule has 3 amide bonds. The standard InChI is InChI=1S/C19H25N3O3/c1-11(2)20-19(24)22-16-8-6-15(7-9-16)21-18(23)13(4)17-10-12(3)25-14(17)5/h6-11,13H,1-5H3,(H,21,23)(H2,20,22,24). The molecule has 0 aliphatic rings. The highest BCUT2D eigenvalue weighted by Crippen LogP contribution is 2.24. The molecular formula is C19H25N3O3. The number of carbonyl (C=O) groups is 2. The van der Waals surface area contributed by atoms with Crippen LogP contribution >= 0.6 is 0 Å². The fraction of sp³-hybridized carbons (Fsp3) is 0.368. The van der Waals surface area contributed by atoms with Crippen LogP contribution in [0.4, 0.5) is 16.2 Å². The summed E-state index contributed by atoms with van der Waals surface area (Å²) in [4.78, 5) is 24.1. The smallest absolute Gasteiger partial charge is 0.319 e. The molecule has 134 valence electrons. The van der Waals surface area contributed by atoms with Gasteiger partial charge in [0.25, 0.3) is 0 Å². The van der Waals surface area contributed by atoms with Crippen LogP contribution in [0.2, 0.25) is 0 Å². The summed E-state index contributed by atoms with van der Waals surface area (Å²) in [6, 6.07) is 8.69. The first-order chi connectivity index (χ1) is 11.8. The van der Waals surface area contributed by atoms with Crippen molar-refractivity contribution in [3.05, 3.63) is 47.4 Å². The SMILES string of the molecule is Cc1cc(C(C)C(=O)Nc2ccc(NC(=O)NC(C)C)cc2)c(C)o1. The van der Waals surface area contributed by atoms with Crippen molar-refractivity contribution < 1.29 is 14.0 Å². The maximum absolute atomic E-state index is 12.4. The maximum atomic E-state index is 12.4. The lowest BCUT2D eigenvalue weighted by molar-refractivity contribution is -0.117.